The number of nitrogens with zero attached hydrogens (tertiary/aromatic N) is 1. The summed E-state index contributed by atoms with van der Waals surface area (Å²) < 4.78 is 0. The molecule has 0 aromatic heterocycles. The highest BCUT2D eigenvalue weighted by molar-refractivity contribution is 5.88. The number of para-hydroxylation sites is 1. The standard InChI is InChI=1S/C15H19N3O4/c1-18-8-7-10(9-5-3-4-6-11(9)18)12(14(17)19)13(16)15(20)22-21-2/h3-8,10,12-13H,16H2,1-2H3,(H2,17,19). The lowest BCUT2D eigenvalue weighted by molar-refractivity contribution is -0.257. The average Bonchev–Trinajstić information content (AvgIpc) is 2.50. The van der Waals surface area contributed by atoms with E-state index in [1.54, 1.807) is 6.08 Å². The molecule has 22 heavy (non-hydrogen) atoms. The largest absolute Gasteiger partial charge is 0.369 e. The Hall–Kier alpha value is -2.38. The van der Waals surface area contributed by atoms with Gasteiger partial charge in [0.05, 0.1) is 13.0 Å². The number of allylic oxidation sites excluding steroid dienone is 1. The minimum atomic E-state index is -1.22. The minimum absolute atomic E-state index is 0.413. The highest BCUT2D eigenvalue weighted by Gasteiger charge is 2.39. The number of fused-ring (bicyclic) bond motifs is 1. The van der Waals surface area contributed by atoms with Crippen LogP contribution in [0.25, 0.3) is 0 Å². The quantitative estimate of drug-likeness (QED) is 0.597. The number of carbonyl (C=O) groups excluding carboxylic acids is 2. The van der Waals surface area contributed by atoms with E-state index in [1.165, 1.54) is 7.11 Å². The number of amides is 1. The summed E-state index contributed by atoms with van der Waals surface area (Å²) in [5.41, 5.74) is 13.1. The molecule has 0 fully saturated rings. The van der Waals surface area contributed by atoms with Crippen molar-refractivity contribution in [1.82, 2.24) is 0 Å². The summed E-state index contributed by atoms with van der Waals surface area (Å²) in [7, 11) is 3.08. The van der Waals surface area contributed by atoms with Crippen molar-refractivity contribution in [3.8, 4) is 0 Å². The Labute approximate surface area is 128 Å². The molecule has 0 spiro atoms. The highest BCUT2D eigenvalue weighted by atomic mass is 17.2. The zero-order chi connectivity index (χ0) is 16.3. The van der Waals surface area contributed by atoms with Crippen LogP contribution < -0.4 is 16.4 Å². The monoisotopic (exact) mass is 305 g/mol. The first-order valence-electron chi connectivity index (χ1n) is 6.77. The molecule has 118 valence electrons. The van der Waals surface area contributed by atoms with E-state index >= 15 is 0 Å². The van der Waals surface area contributed by atoms with E-state index in [2.05, 4.69) is 9.78 Å². The number of carbonyl (C=O) groups is 2. The van der Waals surface area contributed by atoms with Crippen molar-refractivity contribution in [3.05, 3.63) is 42.1 Å². The number of hydrogen-bond donors (Lipinski definition) is 2. The molecular formula is C15H19N3O4. The molecule has 1 aliphatic rings. The first kappa shape index (κ1) is 16.0. The third-order valence-electron chi connectivity index (χ3n) is 3.73. The van der Waals surface area contributed by atoms with Gasteiger partial charge in [0, 0.05) is 24.9 Å². The Bertz CT molecular complexity index is 602. The van der Waals surface area contributed by atoms with Gasteiger partial charge in [0.1, 0.15) is 6.04 Å². The van der Waals surface area contributed by atoms with Crippen LogP contribution in [-0.4, -0.2) is 32.1 Å². The molecule has 0 saturated carbocycles. The third-order valence-corrected chi connectivity index (χ3v) is 3.73. The molecule has 0 saturated heterocycles. The van der Waals surface area contributed by atoms with E-state index in [0.717, 1.165) is 11.3 Å². The maximum atomic E-state index is 11.9. The predicted octanol–water partition coefficient (Wildman–Crippen LogP) is 0.267. The van der Waals surface area contributed by atoms with Crippen molar-refractivity contribution in [2.24, 2.45) is 17.4 Å². The minimum Gasteiger partial charge on any atom is -0.369 e. The van der Waals surface area contributed by atoms with Crippen molar-refractivity contribution in [2.75, 3.05) is 19.1 Å². The van der Waals surface area contributed by atoms with Crippen LogP contribution in [0.1, 0.15) is 11.5 Å². The van der Waals surface area contributed by atoms with Crippen molar-refractivity contribution in [2.45, 2.75) is 12.0 Å². The van der Waals surface area contributed by atoms with Crippen LogP contribution in [0.5, 0.6) is 0 Å². The predicted molar refractivity (Wildman–Crippen MR) is 80.5 cm³/mol. The Morgan fingerprint density at radius 1 is 1.32 bits per heavy atom. The van der Waals surface area contributed by atoms with Crippen LogP contribution in [0.3, 0.4) is 0 Å². The van der Waals surface area contributed by atoms with Gasteiger partial charge in [-0.05, 0) is 11.6 Å². The van der Waals surface area contributed by atoms with E-state index in [1.807, 2.05) is 42.4 Å². The number of hydrogen-bond acceptors (Lipinski definition) is 6. The first-order valence-corrected chi connectivity index (χ1v) is 6.77. The van der Waals surface area contributed by atoms with Gasteiger partial charge >= 0.3 is 5.97 Å². The summed E-state index contributed by atoms with van der Waals surface area (Å²) in [5, 5.41) is 0. The van der Waals surface area contributed by atoms with E-state index < -0.39 is 29.8 Å². The maximum absolute atomic E-state index is 11.9. The molecule has 1 aliphatic heterocycles. The van der Waals surface area contributed by atoms with Crippen LogP contribution >= 0.6 is 0 Å². The smallest absolute Gasteiger partial charge is 0.359 e. The topological polar surface area (TPSA) is 108 Å². The van der Waals surface area contributed by atoms with Crippen LogP contribution in [0.15, 0.2) is 36.5 Å². The van der Waals surface area contributed by atoms with Gasteiger partial charge in [0.15, 0.2) is 0 Å². The van der Waals surface area contributed by atoms with E-state index in [9.17, 15) is 9.59 Å². The van der Waals surface area contributed by atoms with Gasteiger partial charge in [-0.15, -0.1) is 0 Å². The number of primary amides is 1. The molecule has 7 heteroatoms. The van der Waals surface area contributed by atoms with Gasteiger partial charge in [-0.25, -0.2) is 4.79 Å². The number of anilines is 1. The SMILES string of the molecule is COOC(=O)C(N)C(C(N)=O)C1C=CN(C)c2ccccc21. The zero-order valence-corrected chi connectivity index (χ0v) is 12.4. The van der Waals surface area contributed by atoms with Gasteiger partial charge in [0.2, 0.25) is 5.91 Å². The lowest BCUT2D eigenvalue weighted by Crippen LogP contribution is -2.48. The first-order chi connectivity index (χ1) is 10.5. The fourth-order valence-corrected chi connectivity index (χ4v) is 2.67. The van der Waals surface area contributed by atoms with E-state index in [0.29, 0.717) is 0 Å². The summed E-state index contributed by atoms with van der Waals surface area (Å²) >= 11 is 0. The Kier molecular flexibility index (Phi) is 4.79. The molecule has 3 unspecified atom stereocenters. The second kappa shape index (κ2) is 6.59. The fraction of sp³-hybridized carbons (Fsp3) is 0.333. The van der Waals surface area contributed by atoms with Gasteiger partial charge in [-0.3, -0.25) is 9.68 Å². The second-order valence-corrected chi connectivity index (χ2v) is 5.06. The second-order valence-electron chi connectivity index (χ2n) is 5.06. The summed E-state index contributed by atoms with van der Waals surface area (Å²) in [5.74, 6) is -2.86. The van der Waals surface area contributed by atoms with Gasteiger partial charge in [-0.1, -0.05) is 24.3 Å². The van der Waals surface area contributed by atoms with Gasteiger partial charge in [-0.2, -0.15) is 4.89 Å². The molecule has 3 atom stereocenters. The van der Waals surface area contributed by atoms with Gasteiger partial charge < -0.3 is 16.4 Å². The summed E-state index contributed by atoms with van der Waals surface area (Å²) in [6.45, 7) is 0. The fourth-order valence-electron chi connectivity index (χ4n) is 2.67. The lowest BCUT2D eigenvalue weighted by atomic mass is 9.79. The molecule has 4 N–H and O–H groups in total. The highest BCUT2D eigenvalue weighted by Crippen LogP contribution is 2.38. The number of benzene rings is 1. The molecule has 1 aromatic rings. The Morgan fingerprint density at radius 3 is 2.64 bits per heavy atom. The maximum Gasteiger partial charge on any atom is 0.359 e. The third kappa shape index (κ3) is 2.95. The molecule has 0 aliphatic carbocycles. The summed E-state index contributed by atoms with van der Waals surface area (Å²) in [4.78, 5) is 34.3. The van der Waals surface area contributed by atoms with Crippen LogP contribution in [0, 0.1) is 5.92 Å². The number of rotatable bonds is 5. The number of nitrogens with two attached hydrogens (primary N) is 2. The molecule has 7 nitrogen and oxygen atoms in total. The van der Waals surface area contributed by atoms with Gasteiger partial charge in [0.25, 0.3) is 0 Å². The van der Waals surface area contributed by atoms with Crippen molar-refractivity contribution < 1.29 is 19.4 Å². The van der Waals surface area contributed by atoms with Crippen molar-refractivity contribution in [3.63, 3.8) is 0 Å². The van der Waals surface area contributed by atoms with Crippen molar-refractivity contribution >= 4 is 17.6 Å². The molecule has 0 radical (unpaired) electrons. The Morgan fingerprint density at radius 2 is 2.00 bits per heavy atom. The molecule has 1 heterocycles. The molecule has 1 aromatic carbocycles. The summed E-state index contributed by atoms with van der Waals surface area (Å²) in [6.07, 6.45) is 3.62. The normalized spacial score (nSPS) is 19.2. The van der Waals surface area contributed by atoms with Crippen LogP contribution in [0.4, 0.5) is 5.69 Å². The zero-order valence-electron chi connectivity index (χ0n) is 12.4. The lowest BCUT2D eigenvalue weighted by Gasteiger charge is -2.32. The molecule has 2 rings (SSSR count). The van der Waals surface area contributed by atoms with Crippen LogP contribution in [-0.2, 0) is 19.4 Å². The Balaban J connectivity index is 2.39. The molecular weight excluding hydrogens is 286 g/mol. The molecule has 0 bridgehead atoms. The average molecular weight is 305 g/mol. The summed E-state index contributed by atoms with van der Waals surface area (Å²) in [6, 6.07) is 6.33. The van der Waals surface area contributed by atoms with E-state index in [4.69, 9.17) is 11.5 Å². The van der Waals surface area contributed by atoms with Crippen LogP contribution in [0.2, 0.25) is 0 Å². The molecule has 1 amide bonds. The van der Waals surface area contributed by atoms with E-state index in [-0.39, 0.29) is 0 Å². The van der Waals surface area contributed by atoms with Crippen molar-refractivity contribution in [1.29, 1.82) is 0 Å².